The second-order valence-electron chi connectivity index (χ2n) is 2.60. The van der Waals surface area contributed by atoms with Crippen molar-refractivity contribution < 1.29 is 26.2 Å². The van der Waals surface area contributed by atoms with Crippen LogP contribution < -0.4 is 0 Å². The summed E-state index contributed by atoms with van der Waals surface area (Å²) in [5, 5.41) is 0. The molecule has 0 saturated heterocycles. The first-order valence-electron chi connectivity index (χ1n) is 3.69. The van der Waals surface area contributed by atoms with Crippen LogP contribution in [0.2, 0.25) is 13.1 Å². The Balaban J connectivity index is 0. The summed E-state index contributed by atoms with van der Waals surface area (Å²) >= 11 is 0. The average molecular weight is 244 g/mol. The molecular weight excluding hydrogens is 227 g/mol. The average Bonchev–Trinajstić information content (AvgIpc) is 2.17. The smallest absolute Gasteiger partial charge is 0.0213 e. The number of hydrogen-bond acceptors (Lipinski definition) is 0. The molecule has 0 aromatic heterocycles. The van der Waals surface area contributed by atoms with Gasteiger partial charge in [-0.25, -0.2) is 11.6 Å². The molecule has 1 rings (SSSR count). The zero-order valence-corrected chi connectivity index (χ0v) is 11.5. The van der Waals surface area contributed by atoms with Crippen molar-refractivity contribution in [3.05, 3.63) is 23.3 Å². The van der Waals surface area contributed by atoms with Gasteiger partial charge in [0.25, 0.3) is 0 Å². The van der Waals surface area contributed by atoms with Crippen LogP contribution in [0, 0.1) is 6.08 Å². The van der Waals surface area contributed by atoms with E-state index in [0.717, 1.165) is 15.9 Å². The minimum atomic E-state index is 0. The number of hydrogen-bond donors (Lipinski definition) is 0. The van der Waals surface area contributed by atoms with Crippen LogP contribution in [0.3, 0.4) is 0 Å². The van der Waals surface area contributed by atoms with E-state index in [-0.39, 0.29) is 26.2 Å². The van der Waals surface area contributed by atoms with Crippen LogP contribution in [-0.4, -0.2) is 9.52 Å². The molecule has 0 aromatic carbocycles. The predicted octanol–water partition coefficient (Wildman–Crippen LogP) is 2.60. The molecule has 61 valence electrons. The van der Waals surface area contributed by atoms with Crippen molar-refractivity contribution in [2.24, 2.45) is 0 Å². The Hall–Kier alpha value is 0.580. The van der Waals surface area contributed by atoms with Gasteiger partial charge in [-0.3, -0.25) is 6.08 Å². The van der Waals surface area contributed by atoms with Crippen LogP contribution in [0.1, 0.15) is 20.3 Å². The Kier molecular flexibility index (Phi) is 11.1. The van der Waals surface area contributed by atoms with E-state index in [0.29, 0.717) is 0 Å². The van der Waals surface area contributed by atoms with Gasteiger partial charge in [0.15, 0.2) is 0 Å². The molecule has 1 radical (unpaired) electrons. The van der Waals surface area contributed by atoms with Crippen molar-refractivity contribution >= 4 is 9.52 Å². The molecule has 11 heavy (non-hydrogen) atoms. The van der Waals surface area contributed by atoms with E-state index in [1.165, 1.54) is 11.1 Å². The molecule has 0 amide bonds. The molecule has 0 unspecified atom stereocenters. The molecule has 1 aliphatic rings. The fraction of sp³-hybridized carbons (Fsp3) is 0.556. The fourth-order valence-corrected chi connectivity index (χ4v) is 0.751. The molecule has 0 fully saturated rings. The summed E-state index contributed by atoms with van der Waals surface area (Å²) in [5.41, 5.74) is 2.72. The summed E-state index contributed by atoms with van der Waals surface area (Å²) in [7, 11) is 0.750. The molecule has 0 nitrogen and oxygen atoms in total. The molecule has 0 bridgehead atoms. The summed E-state index contributed by atoms with van der Waals surface area (Å²) in [6.45, 7) is 8.63. The fourth-order valence-electron chi connectivity index (χ4n) is 0.751. The van der Waals surface area contributed by atoms with Gasteiger partial charge in [-0.2, -0.15) is 5.57 Å². The molecule has 1 aliphatic carbocycles. The predicted molar refractivity (Wildman–Crippen MR) is 49.7 cm³/mol. The van der Waals surface area contributed by atoms with Crippen LogP contribution >= 0.6 is 0 Å². The zero-order valence-electron chi connectivity index (χ0n) is 7.86. The minimum absolute atomic E-state index is 0. The van der Waals surface area contributed by atoms with Crippen molar-refractivity contribution in [3.8, 4) is 0 Å². The van der Waals surface area contributed by atoms with Crippen LogP contribution in [0.25, 0.3) is 0 Å². The van der Waals surface area contributed by atoms with E-state index in [1.54, 1.807) is 0 Å². The van der Waals surface area contributed by atoms with Crippen molar-refractivity contribution in [1.82, 2.24) is 0 Å². The van der Waals surface area contributed by atoms with E-state index >= 15 is 0 Å². The summed E-state index contributed by atoms with van der Waals surface area (Å²) in [5.74, 6) is 0. The van der Waals surface area contributed by atoms with Crippen LogP contribution in [0.4, 0.5) is 0 Å². The molecule has 0 heterocycles. The topological polar surface area (TPSA) is 0 Å². The summed E-state index contributed by atoms with van der Waals surface area (Å²) < 4.78 is 0. The van der Waals surface area contributed by atoms with Gasteiger partial charge in [0.05, 0.1) is 0 Å². The van der Waals surface area contributed by atoms with E-state index in [2.05, 4.69) is 39.1 Å². The summed E-state index contributed by atoms with van der Waals surface area (Å²) in [6.07, 6.45) is 6.41. The molecule has 0 aliphatic heterocycles. The molecular formula is C9H16SiZr-. The maximum Gasteiger partial charge on any atom is 0.0213 e. The van der Waals surface area contributed by atoms with Gasteiger partial charge in [0, 0.05) is 35.7 Å². The monoisotopic (exact) mass is 242 g/mol. The Labute approximate surface area is 92.1 Å². The third kappa shape index (κ3) is 8.49. The molecule has 0 atom stereocenters. The molecule has 0 spiro atoms. The Bertz CT molecular complexity index is 148. The van der Waals surface area contributed by atoms with E-state index in [1.807, 2.05) is 0 Å². The van der Waals surface area contributed by atoms with Crippen LogP contribution in [0.15, 0.2) is 17.2 Å². The van der Waals surface area contributed by atoms with Gasteiger partial charge in [0.2, 0.25) is 0 Å². The second-order valence-corrected chi connectivity index (χ2v) is 3.76. The van der Waals surface area contributed by atoms with Gasteiger partial charge in [0.1, 0.15) is 0 Å². The SMILES string of the molecule is CC1=[C-]CC(C)=C1.C[SiH]C.[Zr]. The van der Waals surface area contributed by atoms with Gasteiger partial charge >= 0.3 is 0 Å². The van der Waals surface area contributed by atoms with Crippen LogP contribution in [0.5, 0.6) is 0 Å². The first-order chi connectivity index (χ1) is 4.70. The Morgan fingerprint density at radius 1 is 1.36 bits per heavy atom. The Morgan fingerprint density at radius 2 is 1.82 bits per heavy atom. The number of rotatable bonds is 0. The first-order valence-corrected chi connectivity index (χ1v) is 6.00. The third-order valence-electron chi connectivity index (χ3n) is 1.11. The normalized spacial score (nSPS) is 13.8. The van der Waals surface area contributed by atoms with Gasteiger partial charge in [-0.15, -0.1) is 6.42 Å². The standard InChI is InChI=1S/C7H9.C2H7Si.Zr/c1-6-3-4-7(2)5-6;1-3-2;/h5H,3H2,1-2H3;3H,1-2H3;/q-1;;. The maximum absolute atomic E-state index is 3.19. The van der Waals surface area contributed by atoms with Gasteiger partial charge in [-0.05, 0) is 0 Å². The van der Waals surface area contributed by atoms with Crippen LogP contribution in [-0.2, 0) is 26.2 Å². The maximum atomic E-state index is 3.19. The Morgan fingerprint density at radius 3 is 1.91 bits per heavy atom. The van der Waals surface area contributed by atoms with Gasteiger partial charge in [-0.1, -0.05) is 26.9 Å². The second kappa shape index (κ2) is 8.67. The zero-order chi connectivity index (χ0) is 7.98. The van der Waals surface area contributed by atoms with E-state index in [4.69, 9.17) is 0 Å². The van der Waals surface area contributed by atoms with E-state index < -0.39 is 0 Å². The first kappa shape index (κ1) is 14.1. The summed E-state index contributed by atoms with van der Waals surface area (Å²) in [4.78, 5) is 0. The van der Waals surface area contributed by atoms with Crippen molar-refractivity contribution in [3.63, 3.8) is 0 Å². The third-order valence-corrected chi connectivity index (χ3v) is 1.11. The minimum Gasteiger partial charge on any atom is -0.270 e. The quantitative estimate of drug-likeness (QED) is 0.453. The molecule has 0 N–H and O–H groups in total. The van der Waals surface area contributed by atoms with Crippen molar-refractivity contribution in [2.75, 3.05) is 0 Å². The molecule has 0 aromatic rings. The molecule has 0 saturated carbocycles. The van der Waals surface area contributed by atoms with Crippen molar-refractivity contribution in [2.45, 2.75) is 33.4 Å². The largest absolute Gasteiger partial charge is 0.270 e. The van der Waals surface area contributed by atoms with Crippen molar-refractivity contribution in [1.29, 1.82) is 0 Å². The van der Waals surface area contributed by atoms with E-state index in [9.17, 15) is 0 Å². The van der Waals surface area contributed by atoms with Gasteiger partial charge < -0.3 is 0 Å². The summed E-state index contributed by atoms with van der Waals surface area (Å²) in [6, 6.07) is 0. The number of allylic oxidation sites excluding steroid dienone is 4. The molecule has 2 heteroatoms.